The quantitative estimate of drug-likeness (QED) is 0.778. The first kappa shape index (κ1) is 14.1. The van der Waals surface area contributed by atoms with Gasteiger partial charge in [-0.3, -0.25) is 0 Å². The van der Waals surface area contributed by atoms with Crippen LogP contribution in [0.3, 0.4) is 0 Å². The Morgan fingerprint density at radius 3 is 2.50 bits per heavy atom. The van der Waals surface area contributed by atoms with Crippen LogP contribution < -0.4 is 0 Å². The van der Waals surface area contributed by atoms with Crippen LogP contribution in [0.25, 0.3) is 0 Å². The number of hydrogen-bond donors (Lipinski definition) is 0. The maximum Gasteiger partial charge on any atom is 0.0124 e. The fourth-order valence-corrected chi connectivity index (χ4v) is 4.47. The summed E-state index contributed by atoms with van der Waals surface area (Å²) in [7, 11) is 0. The zero-order valence-corrected chi connectivity index (χ0v) is 12.9. The molecule has 1 aliphatic heterocycles. The Kier molecular flexibility index (Phi) is 4.77. The number of likely N-dealkylation sites (tertiary alicyclic amines) is 1. The first-order valence-electron chi connectivity index (χ1n) is 8.64. The van der Waals surface area contributed by atoms with Gasteiger partial charge in [0.15, 0.2) is 0 Å². The summed E-state index contributed by atoms with van der Waals surface area (Å²) in [5.41, 5.74) is 1.53. The average molecular weight is 271 g/mol. The van der Waals surface area contributed by atoms with Crippen LogP contribution in [0.1, 0.15) is 51.0 Å². The molecule has 1 aromatic carbocycles. The fraction of sp³-hybridized carbons (Fsp3) is 0.684. The second-order valence-electron chi connectivity index (χ2n) is 6.85. The Morgan fingerprint density at radius 1 is 1.05 bits per heavy atom. The highest BCUT2D eigenvalue weighted by Gasteiger charge is 2.33. The molecular formula is C19H29N. The smallest absolute Gasteiger partial charge is 0.0124 e. The molecule has 0 bridgehead atoms. The van der Waals surface area contributed by atoms with Crippen LogP contribution in [0.2, 0.25) is 0 Å². The van der Waals surface area contributed by atoms with Crippen molar-refractivity contribution in [2.75, 3.05) is 13.1 Å². The van der Waals surface area contributed by atoms with E-state index in [1.165, 1.54) is 63.6 Å². The van der Waals surface area contributed by atoms with E-state index in [0.29, 0.717) is 0 Å². The molecule has 1 heterocycles. The largest absolute Gasteiger partial charge is 0.300 e. The molecule has 1 heteroatoms. The van der Waals surface area contributed by atoms with Crippen molar-refractivity contribution in [2.45, 2.75) is 57.9 Å². The fourth-order valence-electron chi connectivity index (χ4n) is 4.47. The van der Waals surface area contributed by atoms with Gasteiger partial charge in [-0.05, 0) is 69.0 Å². The van der Waals surface area contributed by atoms with Crippen molar-refractivity contribution in [3.63, 3.8) is 0 Å². The summed E-state index contributed by atoms with van der Waals surface area (Å²) in [5.74, 6) is 1.86. The Morgan fingerprint density at radius 2 is 1.80 bits per heavy atom. The lowest BCUT2D eigenvalue weighted by atomic mass is 9.74. The van der Waals surface area contributed by atoms with Crippen molar-refractivity contribution in [1.29, 1.82) is 0 Å². The molecule has 0 amide bonds. The number of hydrogen-bond acceptors (Lipinski definition) is 1. The normalized spacial score (nSPS) is 31.6. The molecule has 1 saturated carbocycles. The van der Waals surface area contributed by atoms with Crippen LogP contribution in [0, 0.1) is 11.8 Å². The molecule has 1 nitrogen and oxygen atoms in total. The molecule has 3 unspecified atom stereocenters. The van der Waals surface area contributed by atoms with E-state index in [1.54, 1.807) is 0 Å². The molecule has 110 valence electrons. The highest BCUT2D eigenvalue weighted by Crippen LogP contribution is 2.37. The monoisotopic (exact) mass is 271 g/mol. The zero-order valence-electron chi connectivity index (χ0n) is 12.9. The lowest BCUT2D eigenvalue weighted by molar-refractivity contribution is 0.0980. The summed E-state index contributed by atoms with van der Waals surface area (Å²) < 4.78 is 0. The molecule has 0 radical (unpaired) electrons. The van der Waals surface area contributed by atoms with Gasteiger partial charge < -0.3 is 4.90 Å². The molecule has 3 atom stereocenters. The standard InChI is InChI=1S/C19H29N/c1-2-18-15-17(14-16-8-4-3-5-9-16)10-11-19(18)20-12-6-7-13-20/h3-5,8-9,17-19H,2,6-7,10-15H2,1H3. The van der Waals surface area contributed by atoms with E-state index in [4.69, 9.17) is 0 Å². The van der Waals surface area contributed by atoms with Gasteiger partial charge >= 0.3 is 0 Å². The molecule has 1 aliphatic carbocycles. The van der Waals surface area contributed by atoms with Gasteiger partial charge in [-0.2, -0.15) is 0 Å². The maximum atomic E-state index is 2.80. The summed E-state index contributed by atoms with van der Waals surface area (Å²) in [5, 5.41) is 0. The Bertz CT molecular complexity index is 393. The minimum atomic E-state index is 0.898. The van der Waals surface area contributed by atoms with Crippen LogP contribution in [0.5, 0.6) is 0 Å². The third kappa shape index (κ3) is 3.25. The van der Waals surface area contributed by atoms with Crippen molar-refractivity contribution in [2.24, 2.45) is 11.8 Å². The van der Waals surface area contributed by atoms with Crippen molar-refractivity contribution in [1.82, 2.24) is 4.90 Å². The van der Waals surface area contributed by atoms with Crippen LogP contribution in [0.15, 0.2) is 30.3 Å². The van der Waals surface area contributed by atoms with Crippen LogP contribution >= 0.6 is 0 Å². The highest BCUT2D eigenvalue weighted by atomic mass is 15.2. The van der Waals surface area contributed by atoms with E-state index >= 15 is 0 Å². The van der Waals surface area contributed by atoms with Crippen molar-refractivity contribution in [3.8, 4) is 0 Å². The minimum absolute atomic E-state index is 0.898. The Labute approximate surface area is 124 Å². The second-order valence-corrected chi connectivity index (χ2v) is 6.85. The maximum absolute atomic E-state index is 2.80. The Balaban J connectivity index is 1.58. The van der Waals surface area contributed by atoms with E-state index in [0.717, 1.165) is 17.9 Å². The third-order valence-electron chi connectivity index (χ3n) is 5.55. The lowest BCUT2D eigenvalue weighted by Crippen LogP contribution is -2.42. The summed E-state index contributed by atoms with van der Waals surface area (Å²) in [4.78, 5) is 2.80. The van der Waals surface area contributed by atoms with E-state index in [9.17, 15) is 0 Å². The van der Waals surface area contributed by atoms with Crippen LogP contribution in [-0.4, -0.2) is 24.0 Å². The number of rotatable bonds is 4. The molecule has 1 aromatic rings. The van der Waals surface area contributed by atoms with Gasteiger partial charge in [-0.25, -0.2) is 0 Å². The third-order valence-corrected chi connectivity index (χ3v) is 5.55. The van der Waals surface area contributed by atoms with E-state index in [2.05, 4.69) is 42.2 Å². The SMILES string of the molecule is CCC1CC(Cc2ccccc2)CCC1N1CCCC1. The first-order chi connectivity index (χ1) is 9.86. The minimum Gasteiger partial charge on any atom is -0.300 e. The molecule has 20 heavy (non-hydrogen) atoms. The molecule has 3 rings (SSSR count). The van der Waals surface area contributed by atoms with E-state index < -0.39 is 0 Å². The average Bonchev–Trinajstić information content (AvgIpc) is 3.02. The topological polar surface area (TPSA) is 3.24 Å². The van der Waals surface area contributed by atoms with Gasteiger partial charge in [0, 0.05) is 6.04 Å². The lowest BCUT2D eigenvalue weighted by Gasteiger charge is -2.41. The summed E-state index contributed by atoms with van der Waals surface area (Å²) in [6, 6.07) is 12.0. The summed E-state index contributed by atoms with van der Waals surface area (Å²) in [6.45, 7) is 5.13. The van der Waals surface area contributed by atoms with E-state index in [-0.39, 0.29) is 0 Å². The predicted octanol–water partition coefficient (Wildman–Crippen LogP) is 4.52. The molecule has 0 aromatic heterocycles. The molecule has 1 saturated heterocycles. The van der Waals surface area contributed by atoms with Gasteiger partial charge in [0.1, 0.15) is 0 Å². The summed E-state index contributed by atoms with van der Waals surface area (Å²) >= 11 is 0. The second kappa shape index (κ2) is 6.76. The molecule has 2 aliphatic rings. The van der Waals surface area contributed by atoms with Gasteiger partial charge in [0.05, 0.1) is 0 Å². The van der Waals surface area contributed by atoms with Gasteiger partial charge in [0.2, 0.25) is 0 Å². The van der Waals surface area contributed by atoms with Gasteiger partial charge in [0.25, 0.3) is 0 Å². The van der Waals surface area contributed by atoms with Crippen LogP contribution in [0.4, 0.5) is 0 Å². The predicted molar refractivity (Wildman–Crippen MR) is 85.9 cm³/mol. The first-order valence-corrected chi connectivity index (χ1v) is 8.64. The van der Waals surface area contributed by atoms with Gasteiger partial charge in [-0.15, -0.1) is 0 Å². The van der Waals surface area contributed by atoms with Crippen molar-refractivity contribution < 1.29 is 0 Å². The zero-order chi connectivity index (χ0) is 13.8. The van der Waals surface area contributed by atoms with Crippen LogP contribution in [-0.2, 0) is 6.42 Å². The molecule has 2 fully saturated rings. The number of nitrogens with zero attached hydrogens (tertiary/aromatic N) is 1. The molecule has 0 N–H and O–H groups in total. The number of benzene rings is 1. The molecular weight excluding hydrogens is 242 g/mol. The highest BCUT2D eigenvalue weighted by molar-refractivity contribution is 5.15. The van der Waals surface area contributed by atoms with Gasteiger partial charge in [-0.1, -0.05) is 43.7 Å². The summed E-state index contributed by atoms with van der Waals surface area (Å²) in [6.07, 6.45) is 9.85. The van der Waals surface area contributed by atoms with E-state index in [1.807, 2.05) is 0 Å². The van der Waals surface area contributed by atoms with Crippen molar-refractivity contribution in [3.05, 3.63) is 35.9 Å². The Hall–Kier alpha value is -0.820. The molecule has 0 spiro atoms. The van der Waals surface area contributed by atoms with Crippen molar-refractivity contribution >= 4 is 0 Å².